The highest BCUT2D eigenvalue weighted by Crippen LogP contribution is 2.27. The molecular formula is C10H14FNO2. The highest BCUT2D eigenvalue weighted by molar-refractivity contribution is 5.35. The number of nitrogens with two attached hydrogens (primary N) is 1. The first-order valence-corrected chi connectivity index (χ1v) is 4.48. The molecule has 3 nitrogen and oxygen atoms in total. The molecular weight excluding hydrogens is 185 g/mol. The lowest BCUT2D eigenvalue weighted by Gasteiger charge is -2.18. The molecule has 1 aromatic rings. The van der Waals surface area contributed by atoms with E-state index in [4.69, 9.17) is 5.73 Å². The van der Waals surface area contributed by atoms with Crippen molar-refractivity contribution in [2.75, 3.05) is 0 Å². The number of aliphatic hydroxyl groups excluding tert-OH is 1. The molecule has 0 aromatic heterocycles. The number of phenolic OH excluding ortho intramolecular Hbond substituents is 1. The van der Waals surface area contributed by atoms with Crippen LogP contribution in [0.3, 0.4) is 0 Å². The van der Waals surface area contributed by atoms with E-state index in [1.165, 1.54) is 6.07 Å². The summed E-state index contributed by atoms with van der Waals surface area (Å²) in [5.41, 5.74) is 5.72. The van der Waals surface area contributed by atoms with E-state index >= 15 is 0 Å². The molecule has 0 amide bonds. The molecule has 2 atom stereocenters. The Balaban J connectivity index is 2.99. The standard InChI is InChI=1S/C10H14FNO2/c1-2-8(12)10(14)7-5-6(11)3-4-9(7)13/h3-5,8,10,13-14H,2,12H2,1H3/t8-,10-/m0/s1. The van der Waals surface area contributed by atoms with E-state index in [1.807, 2.05) is 6.92 Å². The zero-order valence-electron chi connectivity index (χ0n) is 7.94. The van der Waals surface area contributed by atoms with Crippen molar-refractivity contribution in [3.8, 4) is 5.75 Å². The van der Waals surface area contributed by atoms with Crippen molar-refractivity contribution < 1.29 is 14.6 Å². The summed E-state index contributed by atoms with van der Waals surface area (Å²) >= 11 is 0. The van der Waals surface area contributed by atoms with Crippen molar-refractivity contribution >= 4 is 0 Å². The third-order valence-corrected chi connectivity index (χ3v) is 2.19. The van der Waals surface area contributed by atoms with E-state index in [0.29, 0.717) is 6.42 Å². The van der Waals surface area contributed by atoms with Gasteiger partial charge in [-0.25, -0.2) is 4.39 Å². The summed E-state index contributed by atoms with van der Waals surface area (Å²) < 4.78 is 12.8. The zero-order chi connectivity index (χ0) is 10.7. The van der Waals surface area contributed by atoms with E-state index in [0.717, 1.165) is 12.1 Å². The fraction of sp³-hybridized carbons (Fsp3) is 0.400. The fourth-order valence-electron chi connectivity index (χ4n) is 1.22. The maximum atomic E-state index is 12.8. The number of hydrogen-bond donors (Lipinski definition) is 3. The molecule has 0 heterocycles. The summed E-state index contributed by atoms with van der Waals surface area (Å²) in [4.78, 5) is 0. The molecule has 0 bridgehead atoms. The molecule has 0 fully saturated rings. The largest absolute Gasteiger partial charge is 0.508 e. The fourth-order valence-corrected chi connectivity index (χ4v) is 1.22. The molecule has 0 aliphatic rings. The minimum Gasteiger partial charge on any atom is -0.508 e. The minimum atomic E-state index is -1.03. The van der Waals surface area contributed by atoms with Crippen LogP contribution >= 0.6 is 0 Å². The Labute approximate surface area is 82.0 Å². The van der Waals surface area contributed by atoms with Gasteiger partial charge in [0.25, 0.3) is 0 Å². The summed E-state index contributed by atoms with van der Waals surface area (Å²) in [5.74, 6) is -0.636. The molecule has 0 spiro atoms. The predicted octanol–water partition coefficient (Wildman–Crippen LogP) is 1.30. The topological polar surface area (TPSA) is 66.5 Å². The van der Waals surface area contributed by atoms with Crippen molar-refractivity contribution in [1.29, 1.82) is 0 Å². The van der Waals surface area contributed by atoms with Gasteiger partial charge >= 0.3 is 0 Å². The molecule has 1 rings (SSSR count). The van der Waals surface area contributed by atoms with Gasteiger partial charge in [0, 0.05) is 11.6 Å². The first-order chi connectivity index (χ1) is 6.56. The van der Waals surface area contributed by atoms with Crippen molar-refractivity contribution in [3.05, 3.63) is 29.6 Å². The van der Waals surface area contributed by atoms with Crippen molar-refractivity contribution in [2.45, 2.75) is 25.5 Å². The molecule has 0 aliphatic carbocycles. The van der Waals surface area contributed by atoms with Gasteiger partial charge in [-0.15, -0.1) is 0 Å². The molecule has 4 N–H and O–H groups in total. The Bertz CT molecular complexity index is 317. The second kappa shape index (κ2) is 4.39. The number of phenols is 1. The maximum Gasteiger partial charge on any atom is 0.123 e. The van der Waals surface area contributed by atoms with Crippen LogP contribution in [0, 0.1) is 5.82 Å². The number of rotatable bonds is 3. The monoisotopic (exact) mass is 199 g/mol. The first kappa shape index (κ1) is 10.9. The maximum absolute atomic E-state index is 12.8. The SMILES string of the molecule is CC[C@H](N)[C@@H](O)c1cc(F)ccc1O. The van der Waals surface area contributed by atoms with E-state index < -0.39 is 18.0 Å². The average molecular weight is 199 g/mol. The van der Waals surface area contributed by atoms with E-state index in [1.54, 1.807) is 0 Å². The molecule has 0 saturated carbocycles. The van der Waals surface area contributed by atoms with Gasteiger partial charge in [0.05, 0.1) is 6.10 Å². The highest BCUT2D eigenvalue weighted by atomic mass is 19.1. The third kappa shape index (κ3) is 2.21. The van der Waals surface area contributed by atoms with Crippen LogP contribution in [0.5, 0.6) is 5.75 Å². The quantitative estimate of drug-likeness (QED) is 0.687. The molecule has 0 radical (unpaired) electrons. The van der Waals surface area contributed by atoms with Crippen LogP contribution in [0.15, 0.2) is 18.2 Å². The summed E-state index contributed by atoms with van der Waals surface area (Å²) in [6.07, 6.45) is -0.479. The third-order valence-electron chi connectivity index (χ3n) is 2.19. The van der Waals surface area contributed by atoms with Gasteiger partial charge in [0.2, 0.25) is 0 Å². The average Bonchev–Trinajstić information content (AvgIpc) is 2.19. The molecule has 0 aliphatic heterocycles. The smallest absolute Gasteiger partial charge is 0.123 e. The second-order valence-electron chi connectivity index (χ2n) is 3.22. The molecule has 4 heteroatoms. The van der Waals surface area contributed by atoms with Crippen LogP contribution in [-0.2, 0) is 0 Å². The molecule has 14 heavy (non-hydrogen) atoms. The Morgan fingerprint density at radius 3 is 2.71 bits per heavy atom. The normalized spacial score (nSPS) is 15.1. The summed E-state index contributed by atoms with van der Waals surface area (Å²) in [7, 11) is 0. The Morgan fingerprint density at radius 1 is 1.50 bits per heavy atom. The number of benzene rings is 1. The predicted molar refractivity (Wildman–Crippen MR) is 51.3 cm³/mol. The van der Waals surface area contributed by atoms with Crippen molar-refractivity contribution in [2.24, 2.45) is 5.73 Å². The first-order valence-electron chi connectivity index (χ1n) is 4.48. The van der Waals surface area contributed by atoms with Gasteiger partial charge in [-0.05, 0) is 24.6 Å². The van der Waals surface area contributed by atoms with E-state index in [-0.39, 0.29) is 11.3 Å². The van der Waals surface area contributed by atoms with E-state index in [2.05, 4.69) is 0 Å². The lowest BCUT2D eigenvalue weighted by atomic mass is 10.0. The van der Waals surface area contributed by atoms with E-state index in [9.17, 15) is 14.6 Å². The molecule has 1 aromatic carbocycles. The Morgan fingerprint density at radius 2 is 2.14 bits per heavy atom. The summed E-state index contributed by atoms with van der Waals surface area (Å²) in [5, 5.41) is 19.0. The van der Waals surface area contributed by atoms with Gasteiger partial charge in [-0.1, -0.05) is 6.92 Å². The van der Waals surface area contributed by atoms with Crippen LogP contribution in [-0.4, -0.2) is 16.3 Å². The van der Waals surface area contributed by atoms with Crippen molar-refractivity contribution in [3.63, 3.8) is 0 Å². The Hall–Kier alpha value is -1.13. The van der Waals surface area contributed by atoms with Crippen LogP contribution in [0.25, 0.3) is 0 Å². The van der Waals surface area contributed by atoms with Crippen LogP contribution in [0.2, 0.25) is 0 Å². The van der Waals surface area contributed by atoms with Gasteiger partial charge in [0.15, 0.2) is 0 Å². The van der Waals surface area contributed by atoms with Crippen LogP contribution in [0.1, 0.15) is 25.0 Å². The summed E-state index contributed by atoms with van der Waals surface area (Å²) in [6.45, 7) is 1.81. The lowest BCUT2D eigenvalue weighted by molar-refractivity contribution is 0.141. The minimum absolute atomic E-state index is 0.136. The number of aromatic hydroxyl groups is 1. The number of halogens is 1. The summed E-state index contributed by atoms with van der Waals surface area (Å²) in [6, 6.07) is 2.93. The van der Waals surface area contributed by atoms with Gasteiger partial charge < -0.3 is 15.9 Å². The van der Waals surface area contributed by atoms with Gasteiger partial charge in [0.1, 0.15) is 11.6 Å². The molecule has 0 unspecified atom stereocenters. The number of aliphatic hydroxyl groups is 1. The van der Waals surface area contributed by atoms with Crippen molar-refractivity contribution in [1.82, 2.24) is 0 Å². The number of hydrogen-bond acceptors (Lipinski definition) is 3. The molecule has 78 valence electrons. The molecule has 0 saturated heterocycles. The van der Waals surface area contributed by atoms with Gasteiger partial charge in [-0.3, -0.25) is 0 Å². The zero-order valence-corrected chi connectivity index (χ0v) is 7.94. The second-order valence-corrected chi connectivity index (χ2v) is 3.22. The highest BCUT2D eigenvalue weighted by Gasteiger charge is 2.18. The lowest BCUT2D eigenvalue weighted by Crippen LogP contribution is -2.27. The van der Waals surface area contributed by atoms with Crippen LogP contribution < -0.4 is 5.73 Å². The Kier molecular flexibility index (Phi) is 3.43. The van der Waals surface area contributed by atoms with Gasteiger partial charge in [-0.2, -0.15) is 0 Å². The van der Waals surface area contributed by atoms with Crippen LogP contribution in [0.4, 0.5) is 4.39 Å².